The molecule has 0 saturated heterocycles. The van der Waals surface area contributed by atoms with E-state index in [0.29, 0.717) is 46.5 Å². The smallest absolute Gasteiger partial charge is 0.267 e. The fourth-order valence-corrected chi connectivity index (χ4v) is 3.89. The minimum atomic E-state index is -0.153. The fraction of sp³-hybridized carbons (Fsp3) is 0.0870. The lowest BCUT2D eigenvalue weighted by Crippen LogP contribution is -2.41. The molecule has 3 aromatic carbocycles. The van der Waals surface area contributed by atoms with Crippen LogP contribution >= 0.6 is 11.6 Å². The highest BCUT2D eigenvalue weighted by molar-refractivity contribution is 6.51. The van der Waals surface area contributed by atoms with Crippen molar-refractivity contribution in [3.05, 3.63) is 99.7 Å². The molecule has 0 bridgehead atoms. The van der Waals surface area contributed by atoms with Crippen molar-refractivity contribution in [1.29, 1.82) is 0 Å². The highest BCUT2D eigenvalue weighted by atomic mass is 35.5. The molecule has 5 nitrogen and oxygen atoms in total. The molecule has 0 saturated carbocycles. The molecular weight excluding hydrogens is 386 g/mol. The Kier molecular flexibility index (Phi) is 4.18. The Morgan fingerprint density at radius 2 is 1.72 bits per heavy atom. The van der Waals surface area contributed by atoms with Crippen LogP contribution in [0.15, 0.2) is 77.8 Å². The van der Waals surface area contributed by atoms with Crippen molar-refractivity contribution in [2.45, 2.75) is 0 Å². The lowest BCUT2D eigenvalue weighted by molar-refractivity contribution is -0.358. The number of carbonyl (C=O) groups is 1. The van der Waals surface area contributed by atoms with Gasteiger partial charge in [0.2, 0.25) is 11.5 Å². The van der Waals surface area contributed by atoms with Gasteiger partial charge in [-0.25, -0.2) is 0 Å². The van der Waals surface area contributed by atoms with Crippen molar-refractivity contribution in [3.63, 3.8) is 0 Å². The summed E-state index contributed by atoms with van der Waals surface area (Å²) in [7, 11) is 0. The highest BCUT2D eigenvalue weighted by Crippen LogP contribution is 2.36. The average Bonchev–Trinajstić information content (AvgIpc) is 3.24. The van der Waals surface area contributed by atoms with Gasteiger partial charge in [0.25, 0.3) is 5.71 Å². The largest absolute Gasteiger partial charge is 0.618 e. The molecule has 0 amide bonds. The summed E-state index contributed by atoms with van der Waals surface area (Å²) < 4.78 is 0.893. The van der Waals surface area contributed by atoms with Crippen molar-refractivity contribution in [2.75, 3.05) is 18.0 Å². The summed E-state index contributed by atoms with van der Waals surface area (Å²) in [6.45, 7) is 1.33. The van der Waals surface area contributed by atoms with E-state index in [0.717, 1.165) is 16.0 Å². The lowest BCUT2D eigenvalue weighted by Gasteiger charge is -2.27. The molecule has 5 rings (SSSR count). The van der Waals surface area contributed by atoms with Crippen molar-refractivity contribution < 1.29 is 9.53 Å². The van der Waals surface area contributed by atoms with Crippen LogP contribution in [0.25, 0.3) is 0 Å². The van der Waals surface area contributed by atoms with Gasteiger partial charge in [-0.2, -0.15) is 4.74 Å². The minimum Gasteiger partial charge on any atom is -0.618 e. The van der Waals surface area contributed by atoms with Gasteiger partial charge in [0.05, 0.1) is 12.1 Å². The number of rotatable bonds is 3. The van der Waals surface area contributed by atoms with Gasteiger partial charge >= 0.3 is 0 Å². The molecular formula is C23H16ClN3O2. The monoisotopic (exact) mass is 401 g/mol. The number of aliphatic imine (C=N–C) groups is 1. The van der Waals surface area contributed by atoms with Crippen molar-refractivity contribution in [2.24, 2.45) is 4.99 Å². The zero-order valence-corrected chi connectivity index (χ0v) is 16.1. The third kappa shape index (κ3) is 2.91. The van der Waals surface area contributed by atoms with Gasteiger partial charge in [-0.15, -0.1) is 0 Å². The van der Waals surface area contributed by atoms with E-state index in [4.69, 9.17) is 11.6 Å². The predicted molar refractivity (Wildman–Crippen MR) is 115 cm³/mol. The maximum atomic E-state index is 13.4. The number of benzene rings is 3. The highest BCUT2D eigenvalue weighted by Gasteiger charge is 2.38. The zero-order chi connectivity index (χ0) is 20.0. The molecule has 6 heteroatoms. The van der Waals surface area contributed by atoms with Crippen LogP contribution in [0.4, 0.5) is 11.4 Å². The van der Waals surface area contributed by atoms with Crippen LogP contribution in [0.1, 0.15) is 21.5 Å². The average molecular weight is 402 g/mol. The number of hydrogen-bond acceptors (Lipinski definition) is 4. The number of amidine groups is 1. The fourth-order valence-electron chi connectivity index (χ4n) is 3.76. The third-order valence-electron chi connectivity index (χ3n) is 5.16. The zero-order valence-electron chi connectivity index (χ0n) is 15.4. The van der Waals surface area contributed by atoms with Crippen LogP contribution < -0.4 is 4.90 Å². The van der Waals surface area contributed by atoms with Crippen LogP contribution in [0, 0.1) is 5.21 Å². The van der Waals surface area contributed by atoms with Crippen molar-refractivity contribution >= 4 is 40.3 Å². The first kappa shape index (κ1) is 17.6. The molecule has 0 N–H and O–H groups in total. The van der Waals surface area contributed by atoms with E-state index in [2.05, 4.69) is 4.99 Å². The second kappa shape index (κ2) is 6.87. The number of fused-ring (bicyclic) bond motifs is 3. The molecule has 3 aromatic rings. The van der Waals surface area contributed by atoms with Crippen LogP contribution in [0.5, 0.6) is 0 Å². The first-order valence-corrected chi connectivity index (χ1v) is 9.67. The molecule has 0 fully saturated rings. The van der Waals surface area contributed by atoms with Crippen molar-refractivity contribution in [3.8, 4) is 0 Å². The quantitative estimate of drug-likeness (QED) is 0.370. The maximum absolute atomic E-state index is 13.4. The Balaban J connectivity index is 1.65. The molecule has 0 aromatic heterocycles. The van der Waals surface area contributed by atoms with Crippen LogP contribution in [-0.4, -0.2) is 35.2 Å². The molecule has 0 spiro atoms. The second-order valence-corrected chi connectivity index (χ2v) is 7.34. The van der Waals surface area contributed by atoms with Crippen molar-refractivity contribution in [1.82, 2.24) is 0 Å². The first-order valence-electron chi connectivity index (χ1n) is 9.30. The Bertz CT molecular complexity index is 1180. The molecule has 0 atom stereocenters. The number of nitrogens with zero attached hydrogens (tertiary/aromatic N) is 3. The molecule has 142 valence electrons. The number of halogens is 1. The predicted octanol–water partition coefficient (Wildman–Crippen LogP) is 4.43. The summed E-state index contributed by atoms with van der Waals surface area (Å²) in [5.41, 5.74) is 3.50. The van der Waals surface area contributed by atoms with Gasteiger partial charge in [-0.1, -0.05) is 29.8 Å². The van der Waals surface area contributed by atoms with Crippen LogP contribution in [-0.2, 0) is 0 Å². The Labute approximate surface area is 172 Å². The van der Waals surface area contributed by atoms with Crippen LogP contribution in [0.3, 0.4) is 0 Å². The third-order valence-corrected chi connectivity index (χ3v) is 5.41. The number of carbonyl (C=O) groups excluding carboxylic acids is 1. The molecule has 2 aliphatic rings. The summed E-state index contributed by atoms with van der Waals surface area (Å²) >= 11 is 5.92. The Hall–Kier alpha value is -3.44. The molecule has 2 aliphatic heterocycles. The second-order valence-electron chi connectivity index (χ2n) is 6.91. The minimum absolute atomic E-state index is 0.153. The van der Waals surface area contributed by atoms with E-state index < -0.39 is 0 Å². The summed E-state index contributed by atoms with van der Waals surface area (Å²) in [5.74, 6) is 0.524. The van der Waals surface area contributed by atoms with E-state index in [1.54, 1.807) is 36.4 Å². The number of anilines is 1. The van der Waals surface area contributed by atoms with E-state index >= 15 is 0 Å². The van der Waals surface area contributed by atoms with Crippen LogP contribution in [0.2, 0.25) is 5.02 Å². The van der Waals surface area contributed by atoms with E-state index in [1.807, 2.05) is 41.3 Å². The SMILES string of the molecule is O=C(c1ccc(Cl)cc1)c1ccc2c(c1)[N+]([O-])=C(c1ccccc1)C1=NCCN12. The molecule has 0 aliphatic carbocycles. The van der Waals surface area contributed by atoms with E-state index in [1.165, 1.54) is 0 Å². The van der Waals surface area contributed by atoms with E-state index in [9.17, 15) is 10.0 Å². The normalized spacial score (nSPS) is 15.1. The molecule has 29 heavy (non-hydrogen) atoms. The van der Waals surface area contributed by atoms with Gasteiger partial charge in [-0.3, -0.25) is 9.79 Å². The lowest BCUT2D eigenvalue weighted by atomic mass is 10.00. The molecule has 0 radical (unpaired) electrons. The summed E-state index contributed by atoms with van der Waals surface area (Å²) in [5, 5.41) is 13.9. The maximum Gasteiger partial charge on any atom is 0.267 e. The molecule has 0 unspecified atom stereocenters. The Morgan fingerprint density at radius 3 is 2.48 bits per heavy atom. The Morgan fingerprint density at radius 1 is 1.00 bits per heavy atom. The summed E-state index contributed by atoms with van der Waals surface area (Å²) in [4.78, 5) is 19.5. The van der Waals surface area contributed by atoms with Gasteiger partial charge < -0.3 is 10.1 Å². The van der Waals surface area contributed by atoms with Gasteiger partial charge in [0.15, 0.2) is 5.78 Å². The summed E-state index contributed by atoms with van der Waals surface area (Å²) in [6, 6.07) is 21.5. The standard InChI is InChI=1S/C23H16ClN3O2/c24-18-9-6-16(7-10-18)22(28)17-8-11-19-20(14-17)27(29)21(15-4-2-1-3-5-15)23-25-12-13-26(19)23/h1-11,14H,12-13H2. The first-order chi connectivity index (χ1) is 14.1. The summed E-state index contributed by atoms with van der Waals surface area (Å²) in [6.07, 6.45) is 0. The topological polar surface area (TPSA) is 58.7 Å². The number of ketones is 1. The van der Waals surface area contributed by atoms with Gasteiger partial charge in [0.1, 0.15) is 5.69 Å². The molecule has 2 heterocycles. The van der Waals surface area contributed by atoms with E-state index in [-0.39, 0.29) is 5.78 Å². The van der Waals surface area contributed by atoms with Gasteiger partial charge in [-0.05, 0) is 48.5 Å². The number of hydrogen-bond donors (Lipinski definition) is 0. The van der Waals surface area contributed by atoms with Gasteiger partial charge in [0, 0.05) is 28.8 Å².